The molecule has 0 saturated carbocycles. The number of ether oxygens (including phenoxy) is 1. The fraction of sp³-hybridized carbons (Fsp3) is 0.167. The molecule has 1 saturated heterocycles. The van der Waals surface area contributed by atoms with Crippen molar-refractivity contribution in [1.82, 2.24) is 9.88 Å². The van der Waals surface area contributed by atoms with Crippen LogP contribution in [-0.2, 0) is 4.79 Å². The third-order valence-electron chi connectivity index (χ3n) is 3.48. The minimum Gasteiger partial charge on any atom is -0.492 e. The van der Waals surface area contributed by atoms with Gasteiger partial charge in [0.25, 0.3) is 11.1 Å². The highest BCUT2D eigenvalue weighted by molar-refractivity contribution is 8.18. The van der Waals surface area contributed by atoms with Gasteiger partial charge in [0.1, 0.15) is 12.4 Å². The number of thioether (sulfide) groups is 1. The molecule has 0 bridgehead atoms. The Labute approximate surface area is 144 Å². The number of pyridine rings is 1. The van der Waals surface area contributed by atoms with Crippen molar-refractivity contribution < 1.29 is 14.3 Å². The minimum absolute atomic E-state index is 0.228. The number of nitrogens with zero attached hydrogens (tertiary/aromatic N) is 2. The number of carbonyl (C=O) groups is 2. The van der Waals surface area contributed by atoms with Crippen molar-refractivity contribution in [2.45, 2.75) is 6.92 Å². The van der Waals surface area contributed by atoms with Gasteiger partial charge in [0.2, 0.25) is 0 Å². The number of aryl methyl sites for hydroxylation is 1. The SMILES string of the molecule is Cc1ccc(OCCN2C(=O)S/C(=C\c3ccncc3)C2=O)cc1. The average Bonchev–Trinajstić information content (AvgIpc) is 2.85. The van der Waals surface area contributed by atoms with Gasteiger partial charge in [-0.05, 0) is 54.6 Å². The summed E-state index contributed by atoms with van der Waals surface area (Å²) in [5.74, 6) is 0.439. The Morgan fingerprint density at radius 1 is 1.12 bits per heavy atom. The van der Waals surface area contributed by atoms with Crippen LogP contribution in [0.3, 0.4) is 0 Å². The number of benzene rings is 1. The first kappa shape index (κ1) is 16.3. The fourth-order valence-electron chi connectivity index (χ4n) is 2.19. The van der Waals surface area contributed by atoms with Crippen LogP contribution in [-0.4, -0.2) is 34.2 Å². The van der Waals surface area contributed by atoms with E-state index in [1.807, 2.05) is 31.2 Å². The van der Waals surface area contributed by atoms with E-state index in [4.69, 9.17) is 4.74 Å². The van der Waals surface area contributed by atoms with Gasteiger partial charge in [-0.15, -0.1) is 0 Å². The van der Waals surface area contributed by atoms with E-state index >= 15 is 0 Å². The minimum atomic E-state index is -0.283. The Morgan fingerprint density at radius 3 is 2.54 bits per heavy atom. The number of hydrogen-bond donors (Lipinski definition) is 0. The molecule has 0 aliphatic carbocycles. The summed E-state index contributed by atoms with van der Waals surface area (Å²) in [6.07, 6.45) is 4.99. The zero-order chi connectivity index (χ0) is 16.9. The zero-order valence-corrected chi connectivity index (χ0v) is 14.0. The van der Waals surface area contributed by atoms with E-state index in [2.05, 4.69) is 4.98 Å². The molecule has 0 spiro atoms. The Balaban J connectivity index is 1.60. The highest BCUT2D eigenvalue weighted by Gasteiger charge is 2.34. The standard InChI is InChI=1S/C18H16N2O3S/c1-13-2-4-15(5-3-13)23-11-10-20-17(21)16(24-18(20)22)12-14-6-8-19-9-7-14/h2-9,12H,10-11H2,1H3/b16-12-. The summed E-state index contributed by atoms with van der Waals surface area (Å²) in [5.41, 5.74) is 1.99. The van der Waals surface area contributed by atoms with Crippen molar-refractivity contribution in [3.63, 3.8) is 0 Å². The van der Waals surface area contributed by atoms with Crippen molar-refractivity contribution in [2.75, 3.05) is 13.2 Å². The van der Waals surface area contributed by atoms with Gasteiger partial charge < -0.3 is 4.74 Å². The van der Waals surface area contributed by atoms with Crippen LogP contribution in [0.1, 0.15) is 11.1 Å². The maximum atomic E-state index is 12.4. The maximum absolute atomic E-state index is 12.4. The largest absolute Gasteiger partial charge is 0.492 e. The number of hydrogen-bond acceptors (Lipinski definition) is 5. The summed E-state index contributed by atoms with van der Waals surface area (Å²) in [7, 11) is 0. The molecule has 3 rings (SSSR count). The molecule has 0 atom stereocenters. The predicted octanol–water partition coefficient (Wildman–Crippen LogP) is 3.51. The van der Waals surface area contributed by atoms with Gasteiger partial charge in [-0.3, -0.25) is 19.5 Å². The lowest BCUT2D eigenvalue weighted by Gasteiger charge is -2.13. The topological polar surface area (TPSA) is 59.5 Å². The molecule has 5 nitrogen and oxygen atoms in total. The number of carbonyl (C=O) groups excluding carboxylic acids is 2. The maximum Gasteiger partial charge on any atom is 0.293 e. The zero-order valence-electron chi connectivity index (χ0n) is 13.1. The summed E-state index contributed by atoms with van der Waals surface area (Å²) in [6, 6.07) is 11.2. The molecular weight excluding hydrogens is 324 g/mol. The van der Waals surface area contributed by atoms with Crippen LogP contribution in [0.4, 0.5) is 4.79 Å². The molecular formula is C18H16N2O3S. The van der Waals surface area contributed by atoms with E-state index in [0.29, 0.717) is 4.91 Å². The normalized spacial score (nSPS) is 16.0. The molecule has 1 aliphatic heterocycles. The molecule has 0 N–H and O–H groups in total. The third kappa shape index (κ3) is 3.83. The van der Waals surface area contributed by atoms with Crippen LogP contribution in [0, 0.1) is 6.92 Å². The number of aromatic nitrogens is 1. The average molecular weight is 340 g/mol. The third-order valence-corrected chi connectivity index (χ3v) is 4.39. The lowest BCUT2D eigenvalue weighted by atomic mass is 10.2. The summed E-state index contributed by atoms with van der Waals surface area (Å²) in [4.78, 5) is 29.9. The molecule has 2 aromatic rings. The summed E-state index contributed by atoms with van der Waals surface area (Å²) < 4.78 is 5.59. The molecule has 1 aliphatic rings. The first-order valence-electron chi connectivity index (χ1n) is 7.48. The van der Waals surface area contributed by atoms with E-state index in [1.54, 1.807) is 30.6 Å². The van der Waals surface area contributed by atoms with Crippen LogP contribution in [0.5, 0.6) is 5.75 Å². The lowest BCUT2D eigenvalue weighted by molar-refractivity contribution is -0.123. The molecule has 2 heterocycles. The summed E-state index contributed by atoms with van der Waals surface area (Å²) >= 11 is 0.947. The summed E-state index contributed by atoms with van der Waals surface area (Å²) in [5, 5.41) is -0.271. The molecule has 1 fully saturated rings. The number of rotatable bonds is 5. The van der Waals surface area contributed by atoms with E-state index < -0.39 is 0 Å². The van der Waals surface area contributed by atoms with Crippen molar-refractivity contribution >= 4 is 29.0 Å². The monoisotopic (exact) mass is 340 g/mol. The van der Waals surface area contributed by atoms with Gasteiger partial charge in [-0.2, -0.15) is 0 Å². The van der Waals surface area contributed by atoms with Gasteiger partial charge in [-0.1, -0.05) is 17.7 Å². The van der Waals surface area contributed by atoms with Crippen molar-refractivity contribution in [2.24, 2.45) is 0 Å². The van der Waals surface area contributed by atoms with Gasteiger partial charge in [0.05, 0.1) is 11.4 Å². The van der Waals surface area contributed by atoms with Crippen molar-refractivity contribution in [3.8, 4) is 5.75 Å². The van der Waals surface area contributed by atoms with Gasteiger partial charge in [-0.25, -0.2) is 0 Å². The Bertz CT molecular complexity index is 773. The van der Waals surface area contributed by atoms with Gasteiger partial charge in [0.15, 0.2) is 0 Å². The molecule has 1 aromatic heterocycles. The number of imide groups is 1. The molecule has 0 radical (unpaired) electrons. The van der Waals surface area contributed by atoms with Crippen LogP contribution in [0.15, 0.2) is 53.7 Å². The first-order valence-corrected chi connectivity index (χ1v) is 8.30. The highest BCUT2D eigenvalue weighted by Crippen LogP contribution is 2.31. The van der Waals surface area contributed by atoms with E-state index in [1.165, 1.54) is 4.90 Å². The number of amides is 2. The molecule has 0 unspecified atom stereocenters. The lowest BCUT2D eigenvalue weighted by Crippen LogP contribution is -2.32. The highest BCUT2D eigenvalue weighted by atomic mass is 32.2. The smallest absolute Gasteiger partial charge is 0.293 e. The molecule has 6 heteroatoms. The second-order valence-electron chi connectivity index (χ2n) is 5.28. The molecule has 2 amide bonds. The fourth-order valence-corrected chi connectivity index (χ4v) is 3.06. The van der Waals surface area contributed by atoms with Crippen LogP contribution in [0.2, 0.25) is 0 Å². The summed E-state index contributed by atoms with van der Waals surface area (Å²) in [6.45, 7) is 2.50. The molecule has 24 heavy (non-hydrogen) atoms. The van der Waals surface area contributed by atoms with E-state index in [-0.39, 0.29) is 24.3 Å². The second-order valence-corrected chi connectivity index (χ2v) is 6.27. The van der Waals surface area contributed by atoms with Crippen LogP contribution < -0.4 is 4.74 Å². The van der Waals surface area contributed by atoms with Crippen LogP contribution >= 0.6 is 11.8 Å². The van der Waals surface area contributed by atoms with E-state index in [9.17, 15) is 9.59 Å². The van der Waals surface area contributed by atoms with Crippen LogP contribution in [0.25, 0.3) is 6.08 Å². The predicted molar refractivity (Wildman–Crippen MR) is 93.6 cm³/mol. The Kier molecular flexibility index (Phi) is 4.96. The van der Waals surface area contributed by atoms with Crippen molar-refractivity contribution in [3.05, 3.63) is 64.8 Å². The van der Waals surface area contributed by atoms with E-state index in [0.717, 1.165) is 28.6 Å². The quantitative estimate of drug-likeness (QED) is 0.780. The first-order chi connectivity index (χ1) is 11.6. The van der Waals surface area contributed by atoms with Gasteiger partial charge in [0, 0.05) is 12.4 Å². The molecule has 1 aromatic carbocycles. The Hall–Kier alpha value is -2.60. The van der Waals surface area contributed by atoms with Crippen molar-refractivity contribution in [1.29, 1.82) is 0 Å². The second kappa shape index (κ2) is 7.31. The van der Waals surface area contributed by atoms with Gasteiger partial charge >= 0.3 is 0 Å². The molecule has 122 valence electrons. The Morgan fingerprint density at radius 2 is 1.83 bits per heavy atom.